The van der Waals surface area contributed by atoms with Crippen molar-refractivity contribution < 1.29 is 14.6 Å². The molecule has 1 aromatic carbocycles. The summed E-state index contributed by atoms with van der Waals surface area (Å²) in [5, 5.41) is 19.1. The van der Waals surface area contributed by atoms with Crippen molar-refractivity contribution in [2.24, 2.45) is 0 Å². The molecule has 3 N–H and O–H groups in total. The molecule has 2 heterocycles. The first kappa shape index (κ1) is 15.3. The molecular formula is C17H16N4O4. The van der Waals surface area contributed by atoms with Crippen LogP contribution in [0.5, 0.6) is 5.75 Å². The zero-order valence-electron chi connectivity index (χ0n) is 13.5. The molecule has 0 radical (unpaired) electrons. The van der Waals surface area contributed by atoms with E-state index in [9.17, 15) is 14.7 Å². The number of ether oxygens (including phenoxy) is 1. The SMILES string of the molecule is COc1ccc(Cn2nc(C(=O)O)c3c2CCc2c-3[nH][nH]c2=O)cc1. The summed E-state index contributed by atoms with van der Waals surface area (Å²) in [7, 11) is 1.60. The highest BCUT2D eigenvalue weighted by molar-refractivity contribution is 5.95. The van der Waals surface area contributed by atoms with Gasteiger partial charge in [0.15, 0.2) is 5.69 Å². The number of nitrogens with zero attached hydrogens (tertiary/aromatic N) is 2. The molecule has 2 aromatic heterocycles. The van der Waals surface area contributed by atoms with Crippen LogP contribution in [0, 0.1) is 0 Å². The maximum Gasteiger partial charge on any atom is 0.357 e. The van der Waals surface area contributed by atoms with E-state index in [2.05, 4.69) is 15.3 Å². The first-order chi connectivity index (χ1) is 12.1. The molecule has 1 aliphatic rings. The number of fused-ring (bicyclic) bond motifs is 3. The van der Waals surface area contributed by atoms with E-state index >= 15 is 0 Å². The summed E-state index contributed by atoms with van der Waals surface area (Å²) >= 11 is 0. The summed E-state index contributed by atoms with van der Waals surface area (Å²) in [6.45, 7) is 0.448. The Morgan fingerprint density at radius 3 is 2.72 bits per heavy atom. The van der Waals surface area contributed by atoms with Crippen LogP contribution in [-0.2, 0) is 19.4 Å². The van der Waals surface area contributed by atoms with Crippen LogP contribution >= 0.6 is 0 Å². The van der Waals surface area contributed by atoms with Gasteiger partial charge in [0.1, 0.15) is 5.75 Å². The number of hydrogen-bond acceptors (Lipinski definition) is 4. The van der Waals surface area contributed by atoms with Gasteiger partial charge in [-0.2, -0.15) is 5.10 Å². The zero-order chi connectivity index (χ0) is 17.6. The Labute approximate surface area is 142 Å². The number of nitrogens with one attached hydrogen (secondary N) is 2. The molecule has 8 heteroatoms. The van der Waals surface area contributed by atoms with E-state index in [1.807, 2.05) is 24.3 Å². The summed E-state index contributed by atoms with van der Waals surface area (Å²) < 4.78 is 6.85. The van der Waals surface area contributed by atoms with Crippen molar-refractivity contribution in [3.8, 4) is 17.0 Å². The van der Waals surface area contributed by atoms with Gasteiger partial charge in [-0.05, 0) is 30.5 Å². The zero-order valence-corrected chi connectivity index (χ0v) is 13.5. The molecule has 0 aliphatic heterocycles. The molecule has 0 unspecified atom stereocenters. The van der Waals surface area contributed by atoms with Crippen molar-refractivity contribution in [1.29, 1.82) is 0 Å². The van der Waals surface area contributed by atoms with Crippen LogP contribution in [-0.4, -0.2) is 38.2 Å². The van der Waals surface area contributed by atoms with Gasteiger partial charge in [0.2, 0.25) is 0 Å². The fraction of sp³-hybridized carbons (Fsp3) is 0.235. The van der Waals surface area contributed by atoms with Gasteiger partial charge in [-0.25, -0.2) is 4.79 Å². The second-order valence-corrected chi connectivity index (χ2v) is 5.91. The number of carboxylic acid groups (broad SMARTS) is 1. The third kappa shape index (κ3) is 2.42. The summed E-state index contributed by atoms with van der Waals surface area (Å²) in [4.78, 5) is 23.5. The second-order valence-electron chi connectivity index (χ2n) is 5.91. The first-order valence-electron chi connectivity index (χ1n) is 7.84. The maximum absolute atomic E-state index is 11.8. The third-order valence-corrected chi connectivity index (χ3v) is 4.49. The van der Waals surface area contributed by atoms with E-state index in [-0.39, 0.29) is 11.3 Å². The standard InChI is InChI=1S/C17H16N4O4/c1-25-10-4-2-9(3-5-10)8-21-12-7-6-11-14(18-19-16(11)22)13(12)15(20-21)17(23)24/h2-5H,6-8H2,1H3,(H,23,24)(H2,18,19,22). The Bertz CT molecular complexity index is 1010. The third-order valence-electron chi connectivity index (χ3n) is 4.49. The molecule has 1 aliphatic carbocycles. The van der Waals surface area contributed by atoms with Crippen LogP contribution in [0.25, 0.3) is 11.3 Å². The number of carbonyl (C=O) groups is 1. The van der Waals surface area contributed by atoms with Gasteiger partial charge in [-0.3, -0.25) is 19.7 Å². The minimum atomic E-state index is -1.11. The lowest BCUT2D eigenvalue weighted by atomic mass is 9.93. The van der Waals surface area contributed by atoms with E-state index in [0.29, 0.717) is 36.2 Å². The van der Waals surface area contributed by atoms with E-state index in [1.54, 1.807) is 11.8 Å². The van der Waals surface area contributed by atoms with Crippen molar-refractivity contribution in [3.63, 3.8) is 0 Å². The average molecular weight is 340 g/mol. The van der Waals surface area contributed by atoms with Gasteiger partial charge in [-0.1, -0.05) is 12.1 Å². The summed E-state index contributed by atoms with van der Waals surface area (Å²) in [5.74, 6) is -0.355. The van der Waals surface area contributed by atoms with Gasteiger partial charge < -0.3 is 9.84 Å². The quantitative estimate of drug-likeness (QED) is 0.665. The van der Waals surface area contributed by atoms with Crippen LogP contribution in [0.2, 0.25) is 0 Å². The normalized spacial score (nSPS) is 12.5. The Morgan fingerprint density at radius 2 is 2.04 bits per heavy atom. The number of methoxy groups -OCH3 is 1. The molecule has 0 bridgehead atoms. The molecule has 3 aromatic rings. The van der Waals surface area contributed by atoms with Gasteiger partial charge in [0, 0.05) is 11.3 Å². The molecule has 0 fully saturated rings. The fourth-order valence-corrected chi connectivity index (χ4v) is 3.28. The number of hydrogen-bond donors (Lipinski definition) is 3. The lowest BCUT2D eigenvalue weighted by Crippen LogP contribution is -2.14. The van der Waals surface area contributed by atoms with Gasteiger partial charge in [0.25, 0.3) is 5.56 Å². The smallest absolute Gasteiger partial charge is 0.357 e. The largest absolute Gasteiger partial charge is 0.497 e. The summed E-state index contributed by atoms with van der Waals surface area (Å²) in [6, 6.07) is 7.54. The molecule has 0 saturated heterocycles. The van der Waals surface area contributed by atoms with Crippen molar-refractivity contribution in [2.75, 3.05) is 7.11 Å². The first-order valence-corrected chi connectivity index (χ1v) is 7.84. The van der Waals surface area contributed by atoms with E-state index < -0.39 is 5.97 Å². The number of rotatable bonds is 4. The fourth-order valence-electron chi connectivity index (χ4n) is 3.28. The molecule has 4 rings (SSSR count). The molecule has 25 heavy (non-hydrogen) atoms. The number of aromatic amines is 2. The van der Waals surface area contributed by atoms with Crippen LogP contribution in [0.1, 0.15) is 27.3 Å². The van der Waals surface area contributed by atoms with Gasteiger partial charge in [-0.15, -0.1) is 0 Å². The second kappa shape index (κ2) is 5.66. The Balaban J connectivity index is 1.80. The highest BCUT2D eigenvalue weighted by Gasteiger charge is 2.30. The lowest BCUT2D eigenvalue weighted by Gasteiger charge is -2.14. The van der Waals surface area contributed by atoms with Crippen molar-refractivity contribution in [1.82, 2.24) is 20.0 Å². The van der Waals surface area contributed by atoms with Crippen molar-refractivity contribution in [3.05, 3.63) is 57.1 Å². The Hall–Kier alpha value is -3.29. The lowest BCUT2D eigenvalue weighted by molar-refractivity contribution is 0.0690. The number of benzene rings is 1. The van der Waals surface area contributed by atoms with Crippen LogP contribution in [0.3, 0.4) is 0 Å². The Kier molecular flexibility index (Phi) is 3.45. The van der Waals surface area contributed by atoms with E-state index in [0.717, 1.165) is 17.0 Å². The monoisotopic (exact) mass is 340 g/mol. The highest BCUT2D eigenvalue weighted by Crippen LogP contribution is 2.33. The average Bonchev–Trinajstić information content (AvgIpc) is 3.17. The molecule has 8 nitrogen and oxygen atoms in total. The molecule has 0 amide bonds. The van der Waals surface area contributed by atoms with Gasteiger partial charge >= 0.3 is 5.97 Å². The van der Waals surface area contributed by atoms with Gasteiger partial charge in [0.05, 0.1) is 24.9 Å². The van der Waals surface area contributed by atoms with E-state index in [1.165, 1.54) is 0 Å². The summed E-state index contributed by atoms with van der Waals surface area (Å²) in [6.07, 6.45) is 1.12. The predicted octanol–water partition coefficient (Wildman–Crippen LogP) is 1.42. The molecule has 0 spiro atoms. The number of aromatic nitrogens is 4. The minimum Gasteiger partial charge on any atom is -0.497 e. The molecule has 0 saturated carbocycles. The molecule has 128 valence electrons. The number of carboxylic acids is 1. The molecule has 0 atom stereocenters. The van der Waals surface area contributed by atoms with Crippen LogP contribution in [0.15, 0.2) is 29.1 Å². The topological polar surface area (TPSA) is 113 Å². The summed E-state index contributed by atoms with van der Waals surface area (Å²) in [5.41, 5.74) is 3.16. The maximum atomic E-state index is 11.8. The highest BCUT2D eigenvalue weighted by atomic mass is 16.5. The van der Waals surface area contributed by atoms with E-state index in [4.69, 9.17) is 4.74 Å². The van der Waals surface area contributed by atoms with Crippen LogP contribution in [0.4, 0.5) is 0 Å². The minimum absolute atomic E-state index is 0.0419. The van der Waals surface area contributed by atoms with Crippen molar-refractivity contribution >= 4 is 5.97 Å². The number of H-pyrrole nitrogens is 2. The van der Waals surface area contributed by atoms with Crippen molar-refractivity contribution in [2.45, 2.75) is 19.4 Å². The number of aromatic carboxylic acids is 1. The Morgan fingerprint density at radius 1 is 1.28 bits per heavy atom. The predicted molar refractivity (Wildman–Crippen MR) is 89.1 cm³/mol. The van der Waals surface area contributed by atoms with Crippen LogP contribution < -0.4 is 10.3 Å². The molecular weight excluding hydrogens is 324 g/mol.